The number of halogens is 1. The summed E-state index contributed by atoms with van der Waals surface area (Å²) in [5, 5.41) is 4.79. The van der Waals surface area contributed by atoms with E-state index in [1.54, 1.807) is 31.4 Å². The van der Waals surface area contributed by atoms with Gasteiger partial charge in [0.2, 0.25) is 5.91 Å². The molecule has 2 aliphatic rings. The maximum atomic E-state index is 12.2. The number of amides is 1. The Labute approximate surface area is 223 Å². The highest BCUT2D eigenvalue weighted by atomic mass is 35.5. The van der Waals surface area contributed by atoms with Crippen LogP contribution in [0.3, 0.4) is 0 Å². The summed E-state index contributed by atoms with van der Waals surface area (Å²) >= 11 is 5.72. The number of allylic oxidation sites excluding steroid dienone is 1. The number of methoxy groups -OCH3 is 1. The van der Waals surface area contributed by atoms with Gasteiger partial charge in [0.25, 0.3) is 5.56 Å². The van der Waals surface area contributed by atoms with Crippen LogP contribution in [0.5, 0.6) is 5.75 Å². The van der Waals surface area contributed by atoms with E-state index in [4.69, 9.17) is 25.9 Å². The number of likely N-dealkylation sites (tertiary alicyclic amines) is 1. The minimum atomic E-state index is -0.185. The molecule has 202 valence electrons. The van der Waals surface area contributed by atoms with Crippen LogP contribution >= 0.6 is 11.6 Å². The number of nitrogens with one attached hydrogen (secondary N) is 2. The zero-order valence-corrected chi connectivity index (χ0v) is 22.5. The first-order valence-corrected chi connectivity index (χ1v) is 13.0. The van der Waals surface area contributed by atoms with Crippen molar-refractivity contribution < 1.29 is 19.1 Å². The summed E-state index contributed by atoms with van der Waals surface area (Å²) in [4.78, 5) is 36.9. The molecule has 0 unspecified atom stereocenters. The van der Waals surface area contributed by atoms with Crippen molar-refractivity contribution in [1.29, 1.82) is 0 Å². The van der Waals surface area contributed by atoms with E-state index in [0.717, 1.165) is 63.2 Å². The van der Waals surface area contributed by atoms with Crippen LogP contribution in [-0.2, 0) is 14.3 Å². The van der Waals surface area contributed by atoms with E-state index in [1.807, 2.05) is 11.0 Å². The molecular formula is C28H38ClN3O5. The van der Waals surface area contributed by atoms with Crippen molar-refractivity contribution in [3.8, 4) is 5.75 Å². The fraction of sp³-hybridized carbons (Fsp3) is 0.464. The van der Waals surface area contributed by atoms with Crippen LogP contribution in [-0.4, -0.2) is 54.4 Å². The lowest BCUT2D eigenvalue weighted by Crippen LogP contribution is -2.43. The maximum Gasteiger partial charge on any atom is 0.256 e. The Morgan fingerprint density at radius 3 is 2.65 bits per heavy atom. The molecule has 2 fully saturated rings. The smallest absolute Gasteiger partial charge is 0.256 e. The number of carbonyl (C=O) groups excluding carboxylic acids is 2. The number of aromatic amines is 1. The second-order valence-electron chi connectivity index (χ2n) is 8.80. The summed E-state index contributed by atoms with van der Waals surface area (Å²) in [5.41, 5.74) is -0.185. The molecular weight excluding hydrogens is 494 g/mol. The molecule has 1 aromatic carbocycles. The van der Waals surface area contributed by atoms with Gasteiger partial charge in [0.1, 0.15) is 23.2 Å². The number of carbonyl (C=O) groups is 2. The third kappa shape index (κ3) is 9.96. The first kappa shape index (κ1) is 30.0. The van der Waals surface area contributed by atoms with E-state index in [2.05, 4.69) is 23.5 Å². The molecule has 1 atom stereocenters. The van der Waals surface area contributed by atoms with Crippen molar-refractivity contribution in [2.45, 2.75) is 64.0 Å². The second-order valence-corrected chi connectivity index (χ2v) is 9.20. The van der Waals surface area contributed by atoms with E-state index in [-0.39, 0.29) is 17.5 Å². The minimum Gasteiger partial charge on any atom is -0.497 e. The van der Waals surface area contributed by atoms with Gasteiger partial charge in [-0.15, -0.1) is 6.58 Å². The monoisotopic (exact) mass is 531 g/mol. The van der Waals surface area contributed by atoms with Gasteiger partial charge in [0.05, 0.1) is 13.7 Å². The fourth-order valence-corrected chi connectivity index (χ4v) is 4.07. The van der Waals surface area contributed by atoms with E-state index in [1.165, 1.54) is 6.92 Å². The molecule has 0 bridgehead atoms. The summed E-state index contributed by atoms with van der Waals surface area (Å²) in [6.45, 7) is 10.7. The summed E-state index contributed by atoms with van der Waals surface area (Å²) in [6, 6.07) is 7.25. The van der Waals surface area contributed by atoms with Gasteiger partial charge in [-0.05, 0) is 88.1 Å². The summed E-state index contributed by atoms with van der Waals surface area (Å²) < 4.78 is 10.7. The third-order valence-electron chi connectivity index (χ3n) is 5.89. The number of fused-ring (bicyclic) bond motifs is 1. The molecule has 1 amide bonds. The highest BCUT2D eigenvalue weighted by Gasteiger charge is 2.35. The van der Waals surface area contributed by atoms with Gasteiger partial charge < -0.3 is 29.5 Å². The molecule has 2 aromatic rings. The van der Waals surface area contributed by atoms with Gasteiger partial charge >= 0.3 is 0 Å². The normalized spacial score (nSPS) is 16.0. The SMILES string of the molecule is C=CCCCCOC(=C)N1CCC[C@H]1C(=O)NC1CC1.CC=O.COc1ccc2c(=O)[nH]c(Cl)cc2c1. The molecule has 4 rings (SSSR count). The number of aromatic nitrogens is 1. The number of aldehydes is 1. The predicted molar refractivity (Wildman–Crippen MR) is 148 cm³/mol. The van der Waals surface area contributed by atoms with Crippen molar-refractivity contribution in [3.05, 3.63) is 64.9 Å². The molecule has 2 heterocycles. The molecule has 1 aliphatic carbocycles. The van der Waals surface area contributed by atoms with Crippen molar-refractivity contribution in [3.63, 3.8) is 0 Å². The average molecular weight is 532 g/mol. The first-order chi connectivity index (χ1) is 17.8. The Hall–Kier alpha value is -3.26. The van der Waals surface area contributed by atoms with Crippen LogP contribution in [0, 0.1) is 0 Å². The van der Waals surface area contributed by atoms with Crippen LogP contribution in [0.1, 0.15) is 51.9 Å². The summed E-state index contributed by atoms with van der Waals surface area (Å²) in [5.74, 6) is 1.50. The molecule has 0 radical (unpaired) electrons. The van der Waals surface area contributed by atoms with E-state index < -0.39 is 0 Å². The molecule has 1 aromatic heterocycles. The lowest BCUT2D eigenvalue weighted by atomic mass is 10.2. The van der Waals surface area contributed by atoms with E-state index >= 15 is 0 Å². The van der Waals surface area contributed by atoms with Crippen molar-refractivity contribution >= 4 is 34.6 Å². The number of pyridine rings is 1. The number of hydrogen-bond acceptors (Lipinski definition) is 6. The molecule has 1 saturated heterocycles. The van der Waals surface area contributed by atoms with Crippen LogP contribution in [0.4, 0.5) is 0 Å². The number of H-pyrrole nitrogens is 1. The topological polar surface area (TPSA) is 101 Å². The number of benzene rings is 1. The molecule has 37 heavy (non-hydrogen) atoms. The van der Waals surface area contributed by atoms with Crippen LogP contribution in [0.15, 0.2) is 54.2 Å². The quantitative estimate of drug-likeness (QED) is 0.148. The molecule has 8 nitrogen and oxygen atoms in total. The molecule has 1 saturated carbocycles. The van der Waals surface area contributed by atoms with Gasteiger partial charge in [-0.2, -0.15) is 0 Å². The lowest BCUT2D eigenvalue weighted by Gasteiger charge is -2.27. The highest BCUT2D eigenvalue weighted by Crippen LogP contribution is 2.25. The van der Waals surface area contributed by atoms with Gasteiger partial charge in [-0.25, -0.2) is 0 Å². The Balaban J connectivity index is 0.000000247. The van der Waals surface area contributed by atoms with E-state index in [9.17, 15) is 9.59 Å². The number of unbranched alkanes of at least 4 members (excludes halogenated alkanes) is 2. The number of hydrogen-bond donors (Lipinski definition) is 2. The summed E-state index contributed by atoms with van der Waals surface area (Å²) in [7, 11) is 1.58. The Kier molecular flexibility index (Phi) is 12.8. The second kappa shape index (κ2) is 15.8. The van der Waals surface area contributed by atoms with Crippen LogP contribution in [0.25, 0.3) is 10.8 Å². The standard InChI is InChI=1S/C16H26N2O2.C10H8ClNO2.C2H4O/c1-3-4-5-6-12-20-13(2)18-11-7-8-15(18)16(19)17-14-9-10-14;1-14-7-2-3-8-6(4-7)5-9(11)12-10(8)13;1-2-3/h3,14-15H,1-2,4-12H2,(H,17,19);2-5H,1H3,(H,12,13);2H,1H3/t15-;;/m0../s1. The number of rotatable bonds is 10. The molecule has 1 aliphatic heterocycles. The molecule has 9 heteroatoms. The van der Waals surface area contributed by atoms with Gasteiger partial charge in [0.15, 0.2) is 5.88 Å². The van der Waals surface area contributed by atoms with Gasteiger partial charge in [-0.1, -0.05) is 17.7 Å². The maximum absolute atomic E-state index is 12.2. The zero-order chi connectivity index (χ0) is 27.2. The van der Waals surface area contributed by atoms with E-state index in [0.29, 0.717) is 34.8 Å². The lowest BCUT2D eigenvalue weighted by molar-refractivity contribution is -0.125. The summed E-state index contributed by atoms with van der Waals surface area (Å²) in [6.07, 6.45) is 9.96. The molecule has 0 spiro atoms. The average Bonchev–Trinajstić information content (AvgIpc) is 3.54. The first-order valence-electron chi connectivity index (χ1n) is 12.6. The van der Waals surface area contributed by atoms with Crippen molar-refractivity contribution in [1.82, 2.24) is 15.2 Å². The van der Waals surface area contributed by atoms with Crippen molar-refractivity contribution in [2.24, 2.45) is 0 Å². The fourth-order valence-electron chi connectivity index (χ4n) is 3.87. The van der Waals surface area contributed by atoms with Gasteiger partial charge in [0, 0.05) is 18.0 Å². The number of nitrogens with zero attached hydrogens (tertiary/aromatic N) is 1. The third-order valence-corrected chi connectivity index (χ3v) is 6.09. The zero-order valence-electron chi connectivity index (χ0n) is 21.8. The number of ether oxygens (including phenoxy) is 2. The Bertz CT molecular complexity index is 1110. The largest absolute Gasteiger partial charge is 0.497 e. The molecule has 2 N–H and O–H groups in total. The van der Waals surface area contributed by atoms with Crippen molar-refractivity contribution in [2.75, 3.05) is 20.3 Å². The Morgan fingerprint density at radius 1 is 1.27 bits per heavy atom. The van der Waals surface area contributed by atoms with Crippen LogP contribution in [0.2, 0.25) is 5.15 Å². The predicted octanol–water partition coefficient (Wildman–Crippen LogP) is 4.97. The van der Waals surface area contributed by atoms with Crippen LogP contribution < -0.4 is 15.6 Å². The highest BCUT2D eigenvalue weighted by molar-refractivity contribution is 6.30. The van der Waals surface area contributed by atoms with Gasteiger partial charge in [-0.3, -0.25) is 9.59 Å². The Morgan fingerprint density at radius 2 is 2.00 bits per heavy atom. The minimum absolute atomic E-state index is 0.0868.